The fraction of sp³-hybridized carbons (Fsp3) is 0.0800. The molecule has 0 bridgehead atoms. The second-order valence-corrected chi connectivity index (χ2v) is 7.07. The van der Waals surface area contributed by atoms with E-state index in [9.17, 15) is 0 Å². The highest BCUT2D eigenvalue weighted by Gasteiger charge is 2.12. The Balaban J connectivity index is 1.43. The first kappa shape index (κ1) is 18.1. The van der Waals surface area contributed by atoms with Gasteiger partial charge in [0.25, 0.3) is 0 Å². The molecule has 0 aliphatic rings. The van der Waals surface area contributed by atoms with Crippen molar-refractivity contribution in [3.05, 3.63) is 96.3 Å². The van der Waals surface area contributed by atoms with Gasteiger partial charge in [0.1, 0.15) is 5.69 Å². The van der Waals surface area contributed by atoms with Gasteiger partial charge in [0, 0.05) is 17.2 Å². The molecule has 0 radical (unpaired) electrons. The molecular formula is C25H19N3O2. The van der Waals surface area contributed by atoms with Crippen LogP contribution in [0.5, 0.6) is 5.88 Å². The zero-order valence-electron chi connectivity index (χ0n) is 16.4. The van der Waals surface area contributed by atoms with Crippen LogP contribution in [0.1, 0.15) is 11.3 Å². The minimum absolute atomic E-state index is 0.230. The summed E-state index contributed by atoms with van der Waals surface area (Å²) in [5.74, 6) is 1.78. The molecule has 5 rings (SSSR count). The Hall–Kier alpha value is -3.99. The maximum atomic E-state index is 6.05. The molecule has 0 fully saturated rings. The lowest BCUT2D eigenvalue weighted by molar-refractivity contribution is 0.244. The summed E-state index contributed by atoms with van der Waals surface area (Å²) in [7, 11) is 0. The highest BCUT2D eigenvalue weighted by Crippen LogP contribution is 2.27. The molecular weight excluding hydrogens is 374 g/mol. The second kappa shape index (κ2) is 7.79. The molecule has 0 spiro atoms. The van der Waals surface area contributed by atoms with E-state index in [1.807, 2.05) is 72.8 Å². The van der Waals surface area contributed by atoms with Gasteiger partial charge in [-0.05, 0) is 19.1 Å². The van der Waals surface area contributed by atoms with Crippen molar-refractivity contribution >= 4 is 10.9 Å². The van der Waals surface area contributed by atoms with Crippen LogP contribution in [0.15, 0.2) is 89.5 Å². The van der Waals surface area contributed by atoms with Crippen molar-refractivity contribution in [1.82, 2.24) is 15.1 Å². The Morgan fingerprint density at radius 1 is 0.800 bits per heavy atom. The van der Waals surface area contributed by atoms with Crippen LogP contribution < -0.4 is 4.74 Å². The highest BCUT2D eigenvalue weighted by molar-refractivity contribution is 5.85. The molecule has 30 heavy (non-hydrogen) atoms. The average molecular weight is 393 g/mol. The molecule has 0 saturated carbocycles. The fourth-order valence-corrected chi connectivity index (χ4v) is 3.25. The van der Waals surface area contributed by atoms with Crippen LogP contribution in [0.3, 0.4) is 0 Å². The summed E-state index contributed by atoms with van der Waals surface area (Å²) in [6.07, 6.45) is 0. The van der Waals surface area contributed by atoms with Crippen molar-refractivity contribution in [2.24, 2.45) is 0 Å². The van der Waals surface area contributed by atoms with Crippen molar-refractivity contribution in [2.75, 3.05) is 0 Å². The monoisotopic (exact) mass is 393 g/mol. The molecule has 5 aromatic rings. The predicted molar refractivity (Wildman–Crippen MR) is 116 cm³/mol. The van der Waals surface area contributed by atoms with Crippen molar-refractivity contribution in [3.63, 3.8) is 0 Å². The van der Waals surface area contributed by atoms with Gasteiger partial charge in [-0.2, -0.15) is 4.98 Å². The number of aryl methyl sites for hydroxylation is 1. The minimum Gasteiger partial charge on any atom is -0.469 e. The summed E-state index contributed by atoms with van der Waals surface area (Å²) in [5, 5.41) is 5.03. The molecule has 2 aromatic heterocycles. The summed E-state index contributed by atoms with van der Waals surface area (Å²) in [4.78, 5) is 9.35. The second-order valence-electron chi connectivity index (χ2n) is 7.07. The van der Waals surface area contributed by atoms with Gasteiger partial charge in [-0.15, -0.1) is 0 Å². The van der Waals surface area contributed by atoms with Gasteiger partial charge in [-0.1, -0.05) is 77.5 Å². The van der Waals surface area contributed by atoms with Gasteiger partial charge in [0.15, 0.2) is 18.2 Å². The third-order valence-electron chi connectivity index (χ3n) is 4.86. The molecule has 0 saturated heterocycles. The van der Waals surface area contributed by atoms with E-state index < -0.39 is 0 Å². The van der Waals surface area contributed by atoms with Gasteiger partial charge in [0.2, 0.25) is 5.88 Å². The van der Waals surface area contributed by atoms with Crippen LogP contribution in [0.2, 0.25) is 0 Å². The van der Waals surface area contributed by atoms with Gasteiger partial charge in [0.05, 0.1) is 10.9 Å². The van der Waals surface area contributed by atoms with Gasteiger partial charge < -0.3 is 9.26 Å². The smallest absolute Gasteiger partial charge is 0.225 e. The van der Waals surface area contributed by atoms with E-state index in [2.05, 4.69) is 34.2 Å². The van der Waals surface area contributed by atoms with Gasteiger partial charge in [-0.25, -0.2) is 4.98 Å². The molecule has 0 aliphatic heterocycles. The van der Waals surface area contributed by atoms with Crippen LogP contribution >= 0.6 is 0 Å². The Kier molecular flexibility index (Phi) is 4.69. The van der Waals surface area contributed by atoms with Crippen molar-refractivity contribution in [1.29, 1.82) is 0 Å². The van der Waals surface area contributed by atoms with Crippen molar-refractivity contribution in [2.45, 2.75) is 13.5 Å². The number of hydrogen-bond donors (Lipinski definition) is 0. The number of ether oxygens (including phenoxy) is 1. The van der Waals surface area contributed by atoms with E-state index in [-0.39, 0.29) is 6.61 Å². The highest BCUT2D eigenvalue weighted by atomic mass is 16.5. The van der Waals surface area contributed by atoms with Crippen LogP contribution in [0.25, 0.3) is 33.5 Å². The SMILES string of the molecule is Cc1ccc(-c2cc(COc3nc(-c4ccccc4)nc4ccccc34)on2)cc1. The molecule has 5 heteroatoms. The maximum absolute atomic E-state index is 6.05. The first-order chi connectivity index (χ1) is 14.8. The lowest BCUT2D eigenvalue weighted by Crippen LogP contribution is -2.00. The van der Waals surface area contributed by atoms with Crippen LogP contribution in [0.4, 0.5) is 0 Å². The lowest BCUT2D eigenvalue weighted by atomic mass is 10.1. The molecule has 2 heterocycles. The molecule has 5 nitrogen and oxygen atoms in total. The first-order valence-corrected chi connectivity index (χ1v) is 9.74. The van der Waals surface area contributed by atoms with E-state index in [1.54, 1.807) is 0 Å². The molecule has 0 unspecified atom stereocenters. The number of rotatable bonds is 5. The Morgan fingerprint density at radius 3 is 2.40 bits per heavy atom. The summed E-state index contributed by atoms with van der Waals surface area (Å²) in [6.45, 7) is 2.29. The van der Waals surface area contributed by atoms with E-state index in [1.165, 1.54) is 5.56 Å². The number of fused-ring (bicyclic) bond motifs is 1. The average Bonchev–Trinajstić information content (AvgIpc) is 3.27. The summed E-state index contributed by atoms with van der Waals surface area (Å²) in [6, 6.07) is 27.8. The van der Waals surface area contributed by atoms with E-state index >= 15 is 0 Å². The van der Waals surface area contributed by atoms with Gasteiger partial charge in [-0.3, -0.25) is 0 Å². The number of aromatic nitrogens is 3. The Labute approximate surface area is 174 Å². The minimum atomic E-state index is 0.230. The fourth-order valence-electron chi connectivity index (χ4n) is 3.25. The van der Waals surface area contributed by atoms with E-state index in [4.69, 9.17) is 9.26 Å². The Morgan fingerprint density at radius 2 is 1.57 bits per heavy atom. The molecule has 146 valence electrons. The standard InChI is InChI=1S/C25H19N3O2/c1-17-11-13-18(14-12-17)23-15-20(30-28-23)16-29-25-21-9-5-6-10-22(21)26-24(27-25)19-7-3-2-4-8-19/h2-15H,16H2,1H3. The molecule has 0 amide bonds. The first-order valence-electron chi connectivity index (χ1n) is 9.74. The molecule has 0 atom stereocenters. The quantitative estimate of drug-likeness (QED) is 0.375. The van der Waals surface area contributed by atoms with Crippen LogP contribution in [0, 0.1) is 6.92 Å². The number of nitrogens with zero attached hydrogens (tertiary/aromatic N) is 3. The largest absolute Gasteiger partial charge is 0.469 e. The number of para-hydroxylation sites is 1. The molecule has 0 aliphatic carbocycles. The van der Waals surface area contributed by atoms with E-state index in [0.717, 1.165) is 27.7 Å². The van der Waals surface area contributed by atoms with Crippen LogP contribution in [-0.2, 0) is 6.61 Å². The summed E-state index contributed by atoms with van der Waals surface area (Å²) < 4.78 is 11.5. The predicted octanol–water partition coefficient (Wildman–Crippen LogP) is 5.84. The van der Waals surface area contributed by atoms with Gasteiger partial charge >= 0.3 is 0 Å². The topological polar surface area (TPSA) is 61.0 Å². The van der Waals surface area contributed by atoms with Crippen molar-refractivity contribution < 1.29 is 9.26 Å². The maximum Gasteiger partial charge on any atom is 0.225 e. The van der Waals surface area contributed by atoms with Crippen LogP contribution in [-0.4, -0.2) is 15.1 Å². The zero-order valence-corrected chi connectivity index (χ0v) is 16.4. The number of benzene rings is 3. The summed E-state index contributed by atoms with van der Waals surface area (Å²) in [5.41, 5.74) is 4.77. The third kappa shape index (κ3) is 3.65. The molecule has 0 N–H and O–H groups in total. The molecule has 3 aromatic carbocycles. The van der Waals surface area contributed by atoms with Crippen molar-refractivity contribution in [3.8, 4) is 28.5 Å². The lowest BCUT2D eigenvalue weighted by Gasteiger charge is -2.09. The zero-order chi connectivity index (χ0) is 20.3. The summed E-state index contributed by atoms with van der Waals surface area (Å²) >= 11 is 0. The normalized spacial score (nSPS) is 11.0. The number of hydrogen-bond acceptors (Lipinski definition) is 5. The van der Waals surface area contributed by atoms with E-state index in [0.29, 0.717) is 17.5 Å². The third-order valence-corrected chi connectivity index (χ3v) is 4.86. The Bertz CT molecular complexity index is 1300.